The van der Waals surface area contributed by atoms with Crippen LogP contribution in [0.25, 0.3) is 0 Å². The Morgan fingerprint density at radius 2 is 1.48 bits per heavy atom. The molecular formula is C19H20O3S. The van der Waals surface area contributed by atoms with Crippen molar-refractivity contribution in [1.29, 1.82) is 0 Å². The normalized spacial score (nSPS) is 11.2. The van der Waals surface area contributed by atoms with Crippen LogP contribution in [0.15, 0.2) is 71.5 Å². The number of allylic oxidation sites excluding steroid dienone is 2. The second-order valence-corrected chi connectivity index (χ2v) is 7.32. The molecular weight excluding hydrogens is 308 g/mol. The van der Waals surface area contributed by atoms with Crippen LogP contribution >= 0.6 is 0 Å². The molecule has 4 heteroatoms. The van der Waals surface area contributed by atoms with E-state index < -0.39 is 9.84 Å². The third kappa shape index (κ3) is 3.54. The standard InChI is InChI=1S/C19H20O3S/c1-4-6-15-12-17(9-8-14(15)3)23(21,22)18-10-11-19(20)16(13-18)7-5-2/h4-5,8-13,20H,1-2,6-7H2,3H3. The highest BCUT2D eigenvalue weighted by molar-refractivity contribution is 7.91. The van der Waals surface area contributed by atoms with Crippen molar-refractivity contribution in [3.8, 4) is 5.75 Å². The minimum Gasteiger partial charge on any atom is -0.508 e. The predicted molar refractivity (Wildman–Crippen MR) is 92.5 cm³/mol. The number of sulfone groups is 1. The number of rotatable bonds is 6. The lowest BCUT2D eigenvalue weighted by molar-refractivity contribution is 0.469. The average molecular weight is 328 g/mol. The van der Waals surface area contributed by atoms with Crippen molar-refractivity contribution in [3.63, 3.8) is 0 Å². The predicted octanol–water partition coefficient (Wildman–Crippen LogP) is 3.99. The molecule has 0 saturated heterocycles. The fraction of sp³-hybridized carbons (Fsp3) is 0.158. The summed E-state index contributed by atoms with van der Waals surface area (Å²) >= 11 is 0. The number of hydrogen-bond acceptors (Lipinski definition) is 3. The molecule has 23 heavy (non-hydrogen) atoms. The van der Waals surface area contributed by atoms with Crippen molar-refractivity contribution in [2.45, 2.75) is 29.6 Å². The van der Waals surface area contributed by atoms with Crippen molar-refractivity contribution in [1.82, 2.24) is 0 Å². The van der Waals surface area contributed by atoms with Gasteiger partial charge in [0.2, 0.25) is 9.84 Å². The molecule has 2 aromatic rings. The number of aryl methyl sites for hydroxylation is 1. The molecule has 3 nitrogen and oxygen atoms in total. The molecule has 0 amide bonds. The molecule has 0 bridgehead atoms. The van der Waals surface area contributed by atoms with Gasteiger partial charge in [0.25, 0.3) is 0 Å². The van der Waals surface area contributed by atoms with E-state index >= 15 is 0 Å². The van der Waals surface area contributed by atoms with Crippen LogP contribution in [0.3, 0.4) is 0 Å². The summed E-state index contributed by atoms with van der Waals surface area (Å²) in [5, 5.41) is 9.80. The molecule has 0 aliphatic carbocycles. The second-order valence-electron chi connectivity index (χ2n) is 5.37. The largest absolute Gasteiger partial charge is 0.508 e. The van der Waals surface area contributed by atoms with E-state index in [1.165, 1.54) is 18.2 Å². The summed E-state index contributed by atoms with van der Waals surface area (Å²) < 4.78 is 25.7. The van der Waals surface area contributed by atoms with Crippen molar-refractivity contribution in [2.75, 3.05) is 0 Å². The minimum atomic E-state index is -3.63. The van der Waals surface area contributed by atoms with Crippen LogP contribution in [-0.4, -0.2) is 13.5 Å². The van der Waals surface area contributed by atoms with E-state index in [9.17, 15) is 13.5 Å². The first kappa shape index (κ1) is 17.0. The van der Waals surface area contributed by atoms with Crippen LogP contribution in [0, 0.1) is 6.92 Å². The molecule has 120 valence electrons. The summed E-state index contributed by atoms with van der Waals surface area (Å²) in [4.78, 5) is 0.413. The van der Waals surface area contributed by atoms with Crippen molar-refractivity contribution >= 4 is 9.84 Å². The molecule has 0 fully saturated rings. The highest BCUT2D eigenvalue weighted by Crippen LogP contribution is 2.27. The van der Waals surface area contributed by atoms with Gasteiger partial charge < -0.3 is 5.11 Å². The summed E-state index contributed by atoms with van der Waals surface area (Å²) in [6, 6.07) is 9.43. The molecule has 0 spiro atoms. The Morgan fingerprint density at radius 3 is 2.09 bits per heavy atom. The fourth-order valence-electron chi connectivity index (χ4n) is 2.37. The summed E-state index contributed by atoms with van der Waals surface area (Å²) in [6.45, 7) is 9.26. The molecule has 2 rings (SSSR count). The van der Waals surface area contributed by atoms with E-state index in [1.807, 2.05) is 6.92 Å². The zero-order valence-electron chi connectivity index (χ0n) is 13.1. The zero-order chi connectivity index (χ0) is 17.0. The van der Waals surface area contributed by atoms with Crippen molar-refractivity contribution in [3.05, 3.63) is 78.4 Å². The average Bonchev–Trinajstić information content (AvgIpc) is 2.51. The SMILES string of the molecule is C=CCc1cc(S(=O)(=O)c2ccc(O)c(CC=C)c2)ccc1C. The monoisotopic (exact) mass is 328 g/mol. The lowest BCUT2D eigenvalue weighted by atomic mass is 10.1. The Kier molecular flexibility index (Phi) is 5.06. The Bertz CT molecular complexity index is 783. The maximum Gasteiger partial charge on any atom is 0.206 e. The van der Waals surface area contributed by atoms with Gasteiger partial charge >= 0.3 is 0 Å². The van der Waals surface area contributed by atoms with Gasteiger partial charge in [-0.05, 0) is 66.8 Å². The van der Waals surface area contributed by atoms with Gasteiger partial charge in [-0.15, -0.1) is 13.2 Å². The van der Waals surface area contributed by atoms with Gasteiger partial charge in [-0.3, -0.25) is 0 Å². The smallest absolute Gasteiger partial charge is 0.206 e. The van der Waals surface area contributed by atoms with Crippen LogP contribution in [0.4, 0.5) is 0 Å². The van der Waals surface area contributed by atoms with Crippen LogP contribution in [-0.2, 0) is 22.7 Å². The van der Waals surface area contributed by atoms with Gasteiger partial charge in [0.1, 0.15) is 5.75 Å². The minimum absolute atomic E-state index is 0.0695. The molecule has 0 atom stereocenters. The first-order chi connectivity index (χ1) is 10.9. The maximum absolute atomic E-state index is 12.8. The van der Waals surface area contributed by atoms with Gasteiger partial charge in [0.15, 0.2) is 0 Å². The fourth-order valence-corrected chi connectivity index (χ4v) is 3.74. The van der Waals surface area contributed by atoms with E-state index in [2.05, 4.69) is 13.2 Å². The van der Waals surface area contributed by atoms with Crippen LogP contribution in [0.1, 0.15) is 16.7 Å². The second kappa shape index (κ2) is 6.84. The van der Waals surface area contributed by atoms with Crippen LogP contribution < -0.4 is 0 Å². The van der Waals surface area contributed by atoms with Crippen molar-refractivity contribution < 1.29 is 13.5 Å². The summed E-state index contributed by atoms with van der Waals surface area (Å²) in [5.74, 6) is 0.0695. The van der Waals surface area contributed by atoms with E-state index in [4.69, 9.17) is 0 Å². The zero-order valence-corrected chi connectivity index (χ0v) is 13.9. The highest BCUT2D eigenvalue weighted by Gasteiger charge is 2.19. The number of phenols is 1. The first-order valence-corrected chi connectivity index (χ1v) is 8.76. The van der Waals surface area contributed by atoms with E-state index in [0.717, 1.165) is 11.1 Å². The quantitative estimate of drug-likeness (QED) is 0.816. The summed E-state index contributed by atoms with van der Waals surface area (Å²) in [7, 11) is -3.63. The summed E-state index contributed by atoms with van der Waals surface area (Å²) in [5.41, 5.74) is 2.51. The lowest BCUT2D eigenvalue weighted by Gasteiger charge is -2.10. The molecule has 2 aromatic carbocycles. The van der Waals surface area contributed by atoms with Crippen LogP contribution in [0.5, 0.6) is 5.75 Å². The molecule has 0 saturated carbocycles. The van der Waals surface area contributed by atoms with E-state index in [0.29, 0.717) is 18.4 Å². The van der Waals surface area contributed by atoms with Gasteiger partial charge in [-0.1, -0.05) is 18.2 Å². The van der Waals surface area contributed by atoms with Gasteiger partial charge in [-0.2, -0.15) is 0 Å². The third-order valence-electron chi connectivity index (χ3n) is 3.72. The first-order valence-electron chi connectivity index (χ1n) is 7.28. The number of aromatic hydroxyl groups is 1. The van der Waals surface area contributed by atoms with Crippen LogP contribution in [0.2, 0.25) is 0 Å². The topological polar surface area (TPSA) is 54.4 Å². The maximum atomic E-state index is 12.8. The highest BCUT2D eigenvalue weighted by atomic mass is 32.2. The van der Waals surface area contributed by atoms with Gasteiger partial charge in [0, 0.05) is 0 Å². The number of hydrogen-bond donors (Lipinski definition) is 1. The number of benzene rings is 2. The van der Waals surface area contributed by atoms with Gasteiger partial charge in [-0.25, -0.2) is 8.42 Å². The molecule has 0 radical (unpaired) electrons. The molecule has 0 heterocycles. The molecule has 0 aliphatic rings. The van der Waals surface area contributed by atoms with Crippen molar-refractivity contribution in [2.24, 2.45) is 0 Å². The Hall–Kier alpha value is -2.33. The molecule has 1 N–H and O–H groups in total. The lowest BCUT2D eigenvalue weighted by Crippen LogP contribution is -2.04. The Balaban J connectivity index is 2.54. The Labute approximate surface area is 137 Å². The van der Waals surface area contributed by atoms with E-state index in [-0.39, 0.29) is 15.5 Å². The van der Waals surface area contributed by atoms with E-state index in [1.54, 1.807) is 30.4 Å². The molecule has 0 aliphatic heterocycles. The summed E-state index contributed by atoms with van der Waals surface area (Å²) in [6.07, 6.45) is 4.40. The molecule has 0 unspecified atom stereocenters. The third-order valence-corrected chi connectivity index (χ3v) is 5.47. The number of phenolic OH excluding ortho intramolecular Hbond substituents is 1. The van der Waals surface area contributed by atoms with Gasteiger partial charge in [0.05, 0.1) is 9.79 Å². The molecule has 0 aromatic heterocycles. The Morgan fingerprint density at radius 1 is 0.957 bits per heavy atom.